The summed E-state index contributed by atoms with van der Waals surface area (Å²) >= 11 is 0. The molecule has 0 N–H and O–H groups in total. The molecule has 0 bridgehead atoms. The molecule has 98 heavy (non-hydrogen) atoms. The molecule has 0 saturated carbocycles. The molecule has 12 aromatic rings. The molecule has 0 spiro atoms. The fourth-order valence-electron chi connectivity index (χ4n) is 13.7. The van der Waals surface area contributed by atoms with Gasteiger partial charge in [-0.05, 0) is 97.1 Å². The quantitative estimate of drug-likeness (QED) is 0.0469. The number of benzene rings is 12. The van der Waals surface area contributed by atoms with Crippen molar-refractivity contribution in [3.05, 3.63) is 340 Å². The Hall–Kier alpha value is -6.08. The normalized spacial score (nSPS) is 11.9. The second-order valence-corrected chi connectivity index (χ2v) is 61.0. The Balaban J connectivity index is 0.000000176. The van der Waals surface area contributed by atoms with Crippen LogP contribution in [0.5, 0.6) is 0 Å². The minimum atomic E-state index is -1.42. The summed E-state index contributed by atoms with van der Waals surface area (Å²) < 4.78 is 0. The Kier molecular flexibility index (Phi) is 27.6. The van der Waals surface area contributed by atoms with Crippen LogP contribution >= 0.6 is 31.7 Å². The Morgan fingerprint density at radius 1 is 0.184 bits per heavy atom. The average Bonchev–Trinajstić information content (AvgIpc) is 0.728. The molecule has 0 nitrogen and oxygen atoms in total. The Morgan fingerprint density at radius 2 is 0.306 bits per heavy atom. The van der Waals surface area contributed by atoms with E-state index in [1.807, 2.05) is 0 Å². The zero-order valence-electron chi connectivity index (χ0n) is 60.1. The predicted molar refractivity (Wildman–Crippen MR) is 463 cm³/mol. The van der Waals surface area contributed by atoms with Gasteiger partial charge in [-0.15, -0.1) is 0 Å². The monoisotopic (exact) mass is 1510 g/mol. The summed E-state index contributed by atoms with van der Waals surface area (Å²) in [6.45, 7) is 29.3. The van der Waals surface area contributed by atoms with Crippen molar-refractivity contribution in [3.63, 3.8) is 0 Å². The largest absolute Gasteiger partial charge is 0.195 e. The molecule has 501 valence electrons. The molecule has 0 fully saturated rings. The third-order valence-corrected chi connectivity index (χ3v) is 39.8. The van der Waals surface area contributed by atoms with E-state index in [-0.39, 0.29) is 19.5 Å². The first-order valence-electron chi connectivity index (χ1n) is 35.1. The maximum absolute atomic E-state index is 2.46. The van der Waals surface area contributed by atoms with Gasteiger partial charge in [-0.25, -0.2) is 0 Å². The molecule has 10 heteroatoms. The minimum Gasteiger partial charge on any atom is -0.195 e. The van der Waals surface area contributed by atoms with Gasteiger partial charge in [0, 0.05) is 19.5 Å². The molecule has 0 heterocycles. The maximum atomic E-state index is 2.46. The number of hydrogen-bond donors (Lipinski definition) is 0. The van der Waals surface area contributed by atoms with Crippen molar-refractivity contribution in [2.24, 2.45) is 0 Å². The summed E-state index contributed by atoms with van der Waals surface area (Å²) in [7, 11) is -8.81. The number of hydrogen-bond acceptors (Lipinski definition) is 0. The van der Waals surface area contributed by atoms with Crippen LogP contribution in [0.2, 0.25) is 78.6 Å². The van der Waals surface area contributed by atoms with Crippen LogP contribution in [0.3, 0.4) is 0 Å². The van der Waals surface area contributed by atoms with Gasteiger partial charge < -0.3 is 0 Å². The second kappa shape index (κ2) is 35.5. The maximum Gasteiger partial charge on any atom is 0.108 e. The van der Waals surface area contributed by atoms with E-state index in [2.05, 4.69) is 418 Å². The summed E-state index contributed by atoms with van der Waals surface area (Å²) in [6.07, 6.45) is 3.67. The third-order valence-electron chi connectivity index (χ3n) is 19.3. The standard InChI is InChI=1S/C36H52BSi4.2C26H24P2.Rh/c1-38(2,3)33-21-13-29(14-22-33)37(30-15-23-34(24-16-30)39(4,5)6,31-17-25-35(26-18-31)40(7,8)9)32-19-27-36(28-20-32)41(10,11)12;2*1-5-13-23(14-6-1)27(24-15-7-2-8-16-24)21-22-28(25-17-9-3-10-18-25)26-19-11-4-12-20-26;/h13-28H,1-12H3;2*1-20H,21-22H2;/q-1;;;/p+4. The van der Waals surface area contributed by atoms with Crippen LogP contribution in [0.1, 0.15) is 0 Å². The van der Waals surface area contributed by atoms with Crippen LogP contribution in [0.15, 0.2) is 340 Å². The van der Waals surface area contributed by atoms with Gasteiger partial charge in [0.1, 0.15) is 30.8 Å². The molecule has 0 unspecified atom stereocenters. The van der Waals surface area contributed by atoms with E-state index >= 15 is 0 Å². The summed E-state index contributed by atoms with van der Waals surface area (Å²) in [5.41, 5.74) is 5.65. The molecule has 12 rings (SSSR count). The molecule has 0 aliphatic rings. The van der Waals surface area contributed by atoms with Gasteiger partial charge in [0.2, 0.25) is 0 Å². The molecule has 0 aromatic heterocycles. The molecule has 0 amide bonds. The molecule has 0 atom stereocenters. The van der Waals surface area contributed by atoms with Gasteiger partial charge in [-0.2, -0.15) is 21.9 Å². The van der Waals surface area contributed by atoms with Crippen molar-refractivity contribution in [2.75, 3.05) is 24.6 Å². The van der Waals surface area contributed by atoms with Crippen molar-refractivity contribution >= 4 is 155 Å². The van der Waals surface area contributed by atoms with E-state index in [0.717, 1.165) is 0 Å². The van der Waals surface area contributed by atoms with E-state index in [1.54, 1.807) is 0 Å². The summed E-state index contributed by atoms with van der Waals surface area (Å²) in [5, 5.41) is 18.2. The van der Waals surface area contributed by atoms with Crippen LogP contribution in [0.25, 0.3) is 0 Å². The Bertz CT molecular complexity index is 3550. The number of rotatable bonds is 22. The first kappa shape index (κ1) is 76.1. The van der Waals surface area contributed by atoms with E-state index < -0.39 is 70.1 Å². The topological polar surface area (TPSA) is 0 Å². The second-order valence-electron chi connectivity index (χ2n) is 30.2. The molecular formula is C88H104BP4RhSi4+3. The molecule has 12 aromatic carbocycles. The first-order valence-corrected chi connectivity index (χ1v) is 56.0. The van der Waals surface area contributed by atoms with E-state index in [9.17, 15) is 0 Å². The van der Waals surface area contributed by atoms with Gasteiger partial charge in [0.25, 0.3) is 0 Å². The van der Waals surface area contributed by atoms with Crippen LogP contribution in [-0.4, -0.2) is 63.1 Å². The summed E-state index contributed by atoms with van der Waals surface area (Å²) in [6, 6.07) is 128. The fourth-order valence-corrected chi connectivity index (χ4v) is 30.7. The van der Waals surface area contributed by atoms with Crippen molar-refractivity contribution in [2.45, 2.75) is 78.6 Å². The van der Waals surface area contributed by atoms with Crippen LogP contribution in [0, 0.1) is 0 Å². The van der Waals surface area contributed by atoms with Crippen molar-refractivity contribution in [1.82, 2.24) is 0 Å². The Labute approximate surface area is 612 Å². The molecule has 0 aliphatic carbocycles. The van der Waals surface area contributed by atoms with Crippen molar-refractivity contribution in [3.8, 4) is 0 Å². The molecule has 0 saturated heterocycles. The Morgan fingerprint density at radius 3 is 0.418 bits per heavy atom. The van der Waals surface area contributed by atoms with Gasteiger partial charge >= 0.3 is 0 Å². The minimum absolute atomic E-state index is 0. The van der Waals surface area contributed by atoms with Crippen LogP contribution in [0.4, 0.5) is 0 Å². The van der Waals surface area contributed by atoms with Crippen molar-refractivity contribution in [1.29, 1.82) is 0 Å². The van der Waals surface area contributed by atoms with E-state index in [0.29, 0.717) is 0 Å². The van der Waals surface area contributed by atoms with Crippen molar-refractivity contribution < 1.29 is 19.5 Å². The van der Waals surface area contributed by atoms with Gasteiger partial charge in [0.15, 0.2) is 0 Å². The molecule has 0 aliphatic heterocycles. The summed E-state index contributed by atoms with van der Waals surface area (Å²) in [4.78, 5) is 0. The SMILES string of the molecule is C[Si](C)(C)c1ccc([B-](c2ccc([Si](C)(C)C)cc2)(c2ccc([Si](C)(C)C)cc2)c2ccc([Si](C)(C)C)cc2)cc1.[Rh].c1ccc([PH+](CC[PH+](c2ccccc2)c2ccccc2)c2ccccc2)cc1.c1ccc([PH+](CC[PH+](c2ccccc2)c2ccccc2)c2ccccc2)cc1. The smallest absolute Gasteiger partial charge is 0.108 e. The average molecular weight is 1510 g/mol. The van der Waals surface area contributed by atoms with Gasteiger partial charge in [-0.3, -0.25) is 0 Å². The van der Waals surface area contributed by atoms with Crippen LogP contribution < -0.4 is 85.0 Å². The third kappa shape index (κ3) is 20.1. The molecule has 1 radical (unpaired) electrons. The predicted octanol–water partition coefficient (Wildman–Crippen LogP) is 14.7. The zero-order chi connectivity index (χ0) is 68.5. The zero-order valence-corrected chi connectivity index (χ0v) is 69.7. The fraction of sp³-hybridized carbons (Fsp3) is 0.182. The van der Waals surface area contributed by atoms with E-state index in [4.69, 9.17) is 0 Å². The summed E-state index contributed by atoms with van der Waals surface area (Å²) in [5.74, 6) is 0. The van der Waals surface area contributed by atoms with E-state index in [1.165, 1.54) is 110 Å². The first-order chi connectivity index (χ1) is 46.7. The molecular weight excluding hydrogens is 1410 g/mol. The van der Waals surface area contributed by atoms with Gasteiger partial charge in [0.05, 0.1) is 106 Å². The van der Waals surface area contributed by atoms with Gasteiger partial charge in [-0.1, -0.05) is 342 Å². The van der Waals surface area contributed by atoms with Crippen LogP contribution in [-0.2, 0) is 19.5 Å².